The van der Waals surface area contributed by atoms with Gasteiger partial charge >= 0.3 is 0 Å². The summed E-state index contributed by atoms with van der Waals surface area (Å²) >= 11 is 0. The lowest BCUT2D eigenvalue weighted by Gasteiger charge is -2.07. The number of halogens is 1. The van der Waals surface area contributed by atoms with E-state index in [2.05, 4.69) is 16.0 Å². The number of rotatable bonds is 9. The van der Waals surface area contributed by atoms with Crippen molar-refractivity contribution in [1.82, 2.24) is 10.6 Å². The molecule has 0 aliphatic rings. The van der Waals surface area contributed by atoms with Crippen LogP contribution in [-0.2, 0) is 14.3 Å². The zero-order chi connectivity index (χ0) is 15.5. The molecule has 7 heteroatoms. The van der Waals surface area contributed by atoms with Crippen molar-refractivity contribution in [3.8, 4) is 0 Å². The van der Waals surface area contributed by atoms with Gasteiger partial charge in [-0.2, -0.15) is 0 Å². The molecule has 0 fully saturated rings. The van der Waals surface area contributed by atoms with Crippen molar-refractivity contribution in [1.29, 1.82) is 0 Å². The number of methoxy groups -OCH3 is 1. The van der Waals surface area contributed by atoms with Gasteiger partial charge in [0.15, 0.2) is 0 Å². The Morgan fingerprint density at radius 3 is 2.52 bits per heavy atom. The standard InChI is InChI=1S/C14H20FN3O3/c1-21-9-8-17-13(19)6-7-16-10-14(20)18-12-4-2-11(15)3-5-12/h2-5,16H,6-10H2,1H3,(H,17,19)(H,18,20). The van der Waals surface area contributed by atoms with Gasteiger partial charge in [0.1, 0.15) is 5.82 Å². The Hall–Kier alpha value is -1.99. The second-order valence-corrected chi connectivity index (χ2v) is 4.32. The normalized spacial score (nSPS) is 10.2. The number of hydrogen-bond donors (Lipinski definition) is 3. The molecule has 0 heterocycles. The highest BCUT2D eigenvalue weighted by molar-refractivity contribution is 5.92. The monoisotopic (exact) mass is 297 g/mol. The van der Waals surface area contributed by atoms with Crippen LogP contribution in [0, 0.1) is 5.82 Å². The van der Waals surface area contributed by atoms with Crippen LogP contribution in [0.4, 0.5) is 10.1 Å². The summed E-state index contributed by atoms with van der Waals surface area (Å²) in [4.78, 5) is 22.9. The highest BCUT2D eigenvalue weighted by Gasteiger charge is 2.03. The zero-order valence-electron chi connectivity index (χ0n) is 11.9. The number of anilines is 1. The molecule has 2 amide bonds. The molecule has 0 radical (unpaired) electrons. The van der Waals surface area contributed by atoms with Crippen LogP contribution in [0.1, 0.15) is 6.42 Å². The SMILES string of the molecule is COCCNC(=O)CCNCC(=O)Nc1ccc(F)cc1. The fourth-order valence-corrected chi connectivity index (χ4v) is 1.52. The van der Waals surface area contributed by atoms with Gasteiger partial charge in [0, 0.05) is 32.3 Å². The second-order valence-electron chi connectivity index (χ2n) is 4.32. The number of nitrogens with one attached hydrogen (secondary N) is 3. The van der Waals surface area contributed by atoms with E-state index in [0.717, 1.165) is 0 Å². The summed E-state index contributed by atoms with van der Waals surface area (Å²) in [5.74, 6) is -0.703. The Labute approximate surface area is 123 Å². The Morgan fingerprint density at radius 2 is 1.86 bits per heavy atom. The minimum absolute atomic E-state index is 0.0860. The van der Waals surface area contributed by atoms with Gasteiger partial charge in [0.25, 0.3) is 0 Å². The highest BCUT2D eigenvalue weighted by atomic mass is 19.1. The molecular weight excluding hydrogens is 277 g/mol. The largest absolute Gasteiger partial charge is 0.383 e. The summed E-state index contributed by atoms with van der Waals surface area (Å²) in [5, 5.41) is 8.15. The fraction of sp³-hybridized carbons (Fsp3) is 0.429. The van der Waals surface area contributed by atoms with Crippen LogP contribution in [0.15, 0.2) is 24.3 Å². The molecule has 0 saturated heterocycles. The highest BCUT2D eigenvalue weighted by Crippen LogP contribution is 2.07. The van der Waals surface area contributed by atoms with Crippen molar-refractivity contribution in [3.05, 3.63) is 30.1 Å². The summed E-state index contributed by atoms with van der Waals surface area (Å²) in [5.41, 5.74) is 0.528. The quantitative estimate of drug-likeness (QED) is 0.580. The van der Waals surface area contributed by atoms with E-state index in [1.165, 1.54) is 24.3 Å². The van der Waals surface area contributed by atoms with Crippen LogP contribution >= 0.6 is 0 Å². The van der Waals surface area contributed by atoms with Gasteiger partial charge in [0.2, 0.25) is 11.8 Å². The Kier molecular flexibility index (Phi) is 8.00. The van der Waals surface area contributed by atoms with Crippen LogP contribution in [0.2, 0.25) is 0 Å². The summed E-state index contributed by atoms with van der Waals surface area (Å²) in [7, 11) is 1.56. The lowest BCUT2D eigenvalue weighted by molar-refractivity contribution is -0.121. The van der Waals surface area contributed by atoms with Crippen molar-refractivity contribution >= 4 is 17.5 Å². The maximum absolute atomic E-state index is 12.7. The molecule has 6 nitrogen and oxygen atoms in total. The van der Waals surface area contributed by atoms with Crippen molar-refractivity contribution in [2.45, 2.75) is 6.42 Å². The van der Waals surface area contributed by atoms with Crippen LogP contribution in [0.5, 0.6) is 0 Å². The molecule has 21 heavy (non-hydrogen) atoms. The fourth-order valence-electron chi connectivity index (χ4n) is 1.52. The molecule has 0 saturated carbocycles. The van der Waals surface area contributed by atoms with Crippen molar-refractivity contribution < 1.29 is 18.7 Å². The summed E-state index contributed by atoms with van der Waals surface area (Å²) in [6.07, 6.45) is 0.285. The van der Waals surface area contributed by atoms with Gasteiger partial charge in [-0.25, -0.2) is 4.39 Å². The average molecular weight is 297 g/mol. The van der Waals surface area contributed by atoms with E-state index in [9.17, 15) is 14.0 Å². The molecule has 0 atom stereocenters. The van der Waals surface area contributed by atoms with Crippen LogP contribution < -0.4 is 16.0 Å². The number of carbonyl (C=O) groups excluding carboxylic acids is 2. The van der Waals surface area contributed by atoms with Crippen LogP contribution in [-0.4, -0.2) is 45.2 Å². The molecule has 1 rings (SSSR count). The van der Waals surface area contributed by atoms with E-state index < -0.39 is 0 Å². The van der Waals surface area contributed by atoms with Gasteiger partial charge in [-0.15, -0.1) is 0 Å². The third-order valence-corrected chi connectivity index (χ3v) is 2.57. The number of hydrogen-bond acceptors (Lipinski definition) is 4. The van der Waals surface area contributed by atoms with Crippen molar-refractivity contribution in [3.63, 3.8) is 0 Å². The molecule has 1 aromatic rings. The maximum atomic E-state index is 12.7. The minimum atomic E-state index is -0.356. The lowest BCUT2D eigenvalue weighted by Crippen LogP contribution is -2.33. The smallest absolute Gasteiger partial charge is 0.238 e. The Balaban J connectivity index is 2.10. The van der Waals surface area contributed by atoms with Crippen molar-refractivity contribution in [2.24, 2.45) is 0 Å². The first-order valence-corrected chi connectivity index (χ1v) is 6.63. The van der Waals surface area contributed by atoms with E-state index >= 15 is 0 Å². The van der Waals surface area contributed by atoms with E-state index in [-0.39, 0.29) is 30.6 Å². The van der Waals surface area contributed by atoms with Gasteiger partial charge in [-0.3, -0.25) is 9.59 Å². The van der Waals surface area contributed by atoms with E-state index in [1.54, 1.807) is 7.11 Å². The molecule has 0 bridgehead atoms. The first-order chi connectivity index (χ1) is 10.1. The molecule has 0 aliphatic carbocycles. The topological polar surface area (TPSA) is 79.5 Å². The third-order valence-electron chi connectivity index (χ3n) is 2.57. The first kappa shape index (κ1) is 17.1. The minimum Gasteiger partial charge on any atom is -0.383 e. The predicted molar refractivity (Wildman–Crippen MR) is 77.4 cm³/mol. The van der Waals surface area contributed by atoms with E-state index in [0.29, 0.717) is 25.4 Å². The third kappa shape index (κ3) is 8.01. The molecule has 0 unspecified atom stereocenters. The van der Waals surface area contributed by atoms with Crippen LogP contribution in [0.25, 0.3) is 0 Å². The molecule has 116 valence electrons. The summed E-state index contributed by atoms with van der Waals surface area (Å²) in [6, 6.07) is 5.51. The van der Waals surface area contributed by atoms with Crippen molar-refractivity contribution in [2.75, 3.05) is 38.7 Å². The molecule has 0 aliphatic heterocycles. The second kappa shape index (κ2) is 9.84. The maximum Gasteiger partial charge on any atom is 0.238 e. The Morgan fingerprint density at radius 1 is 1.14 bits per heavy atom. The van der Waals surface area contributed by atoms with Gasteiger partial charge < -0.3 is 20.7 Å². The lowest BCUT2D eigenvalue weighted by atomic mass is 10.3. The molecule has 0 aromatic heterocycles. The van der Waals surface area contributed by atoms with E-state index in [1.807, 2.05) is 0 Å². The first-order valence-electron chi connectivity index (χ1n) is 6.63. The van der Waals surface area contributed by atoms with Gasteiger partial charge in [-0.05, 0) is 24.3 Å². The van der Waals surface area contributed by atoms with Gasteiger partial charge in [-0.1, -0.05) is 0 Å². The average Bonchev–Trinajstić information content (AvgIpc) is 2.46. The van der Waals surface area contributed by atoms with Gasteiger partial charge in [0.05, 0.1) is 13.2 Å². The van der Waals surface area contributed by atoms with Crippen LogP contribution in [0.3, 0.4) is 0 Å². The molecule has 0 spiro atoms. The molecule has 3 N–H and O–H groups in total. The summed E-state index contributed by atoms with van der Waals surface area (Å²) < 4.78 is 17.5. The molecule has 1 aromatic carbocycles. The zero-order valence-corrected chi connectivity index (χ0v) is 11.9. The number of amides is 2. The predicted octanol–water partition coefficient (Wildman–Crippen LogP) is 0.507. The van der Waals surface area contributed by atoms with E-state index in [4.69, 9.17) is 4.74 Å². The summed E-state index contributed by atoms with van der Waals surface area (Å²) in [6.45, 7) is 1.43. The number of ether oxygens (including phenoxy) is 1. The number of benzene rings is 1. The molecular formula is C14H20FN3O3. The number of carbonyl (C=O) groups is 2. The Bertz CT molecular complexity index is 451.